The van der Waals surface area contributed by atoms with E-state index in [0.717, 1.165) is 12.8 Å². The van der Waals surface area contributed by atoms with Gasteiger partial charge < -0.3 is 15.0 Å². The maximum atomic E-state index is 11.4. The van der Waals surface area contributed by atoms with Gasteiger partial charge >= 0.3 is 0 Å². The standard InChI is InChI=1S/C15H16Cl3N3O2/c1-2-3-10(8-21-5-4-20-15(21)14(19)22)23-13-11(17)6-9(16)7-12(13)18/h4-7,10H,2-3,8H2,1H3,(H2,19,22). The Balaban J connectivity index is 2.22. The Bertz CT molecular complexity index is 680. The summed E-state index contributed by atoms with van der Waals surface area (Å²) in [5.41, 5.74) is 5.31. The highest BCUT2D eigenvalue weighted by Crippen LogP contribution is 2.37. The number of halogens is 3. The van der Waals surface area contributed by atoms with Crippen molar-refractivity contribution in [2.75, 3.05) is 0 Å². The minimum absolute atomic E-state index is 0.183. The average Bonchev–Trinajstić information content (AvgIpc) is 2.91. The summed E-state index contributed by atoms with van der Waals surface area (Å²) in [6.07, 6.45) is 4.57. The Morgan fingerprint density at radius 3 is 2.57 bits per heavy atom. The molecule has 0 bridgehead atoms. The number of hydrogen-bond donors (Lipinski definition) is 1. The molecule has 1 unspecified atom stereocenters. The molecular weight excluding hydrogens is 361 g/mol. The van der Waals surface area contributed by atoms with Gasteiger partial charge in [-0.3, -0.25) is 4.79 Å². The summed E-state index contributed by atoms with van der Waals surface area (Å²) in [5, 5.41) is 1.11. The lowest BCUT2D eigenvalue weighted by Gasteiger charge is -2.21. The molecule has 23 heavy (non-hydrogen) atoms. The molecule has 0 aliphatic rings. The average molecular weight is 377 g/mol. The third-order valence-electron chi connectivity index (χ3n) is 3.19. The topological polar surface area (TPSA) is 70.1 Å². The number of carbonyl (C=O) groups excluding carboxylic acids is 1. The Hall–Kier alpha value is -1.43. The van der Waals surface area contributed by atoms with Crippen LogP contribution in [-0.4, -0.2) is 21.6 Å². The van der Waals surface area contributed by atoms with Gasteiger partial charge in [-0.15, -0.1) is 0 Å². The van der Waals surface area contributed by atoms with Crippen LogP contribution in [0.1, 0.15) is 30.4 Å². The van der Waals surface area contributed by atoms with Crippen LogP contribution in [0.5, 0.6) is 5.75 Å². The lowest BCUT2D eigenvalue weighted by Crippen LogP contribution is -2.27. The molecule has 2 rings (SSSR count). The zero-order valence-electron chi connectivity index (χ0n) is 12.4. The Morgan fingerprint density at radius 1 is 1.35 bits per heavy atom. The van der Waals surface area contributed by atoms with Gasteiger partial charge in [0.05, 0.1) is 16.6 Å². The van der Waals surface area contributed by atoms with Crippen LogP contribution in [0.2, 0.25) is 15.1 Å². The van der Waals surface area contributed by atoms with E-state index >= 15 is 0 Å². The van der Waals surface area contributed by atoms with E-state index in [1.54, 1.807) is 22.9 Å². The quantitative estimate of drug-likeness (QED) is 0.787. The van der Waals surface area contributed by atoms with Crippen molar-refractivity contribution in [3.63, 3.8) is 0 Å². The molecule has 1 atom stereocenters. The van der Waals surface area contributed by atoms with Crippen molar-refractivity contribution >= 4 is 40.7 Å². The molecule has 0 saturated carbocycles. The Labute approximate surface area is 149 Å². The van der Waals surface area contributed by atoms with E-state index in [9.17, 15) is 4.79 Å². The van der Waals surface area contributed by atoms with E-state index in [4.69, 9.17) is 45.3 Å². The van der Waals surface area contributed by atoms with E-state index in [-0.39, 0.29) is 11.9 Å². The Kier molecular flexibility index (Phi) is 6.16. The molecule has 2 N–H and O–H groups in total. The van der Waals surface area contributed by atoms with Crippen molar-refractivity contribution in [1.82, 2.24) is 9.55 Å². The van der Waals surface area contributed by atoms with Crippen molar-refractivity contribution < 1.29 is 9.53 Å². The van der Waals surface area contributed by atoms with Crippen LogP contribution in [0.15, 0.2) is 24.5 Å². The Morgan fingerprint density at radius 2 is 2.00 bits per heavy atom. The first-order valence-electron chi connectivity index (χ1n) is 7.04. The normalized spacial score (nSPS) is 12.2. The predicted molar refractivity (Wildman–Crippen MR) is 91.5 cm³/mol. The predicted octanol–water partition coefficient (Wildman–Crippen LogP) is 4.19. The molecule has 8 heteroatoms. The number of rotatable bonds is 7. The number of nitrogens with two attached hydrogens (primary N) is 1. The van der Waals surface area contributed by atoms with Crippen molar-refractivity contribution in [2.24, 2.45) is 5.73 Å². The van der Waals surface area contributed by atoms with Crippen molar-refractivity contribution in [3.8, 4) is 5.75 Å². The zero-order valence-corrected chi connectivity index (χ0v) is 14.7. The largest absolute Gasteiger partial charge is 0.485 e. The summed E-state index contributed by atoms with van der Waals surface area (Å²) < 4.78 is 7.61. The smallest absolute Gasteiger partial charge is 0.284 e. The van der Waals surface area contributed by atoms with Gasteiger partial charge in [-0.05, 0) is 18.6 Å². The summed E-state index contributed by atoms with van der Waals surface area (Å²) in [4.78, 5) is 15.3. The van der Waals surface area contributed by atoms with Crippen LogP contribution in [0, 0.1) is 0 Å². The number of carbonyl (C=O) groups is 1. The highest BCUT2D eigenvalue weighted by atomic mass is 35.5. The van der Waals surface area contributed by atoms with Crippen molar-refractivity contribution in [3.05, 3.63) is 45.4 Å². The number of benzene rings is 1. The first kappa shape index (κ1) is 17.9. The molecule has 0 fully saturated rings. The molecule has 0 spiro atoms. The molecule has 1 amide bonds. The molecule has 0 saturated heterocycles. The van der Waals surface area contributed by atoms with Crippen molar-refractivity contribution in [2.45, 2.75) is 32.4 Å². The van der Waals surface area contributed by atoms with E-state index in [1.165, 1.54) is 6.20 Å². The number of hydrogen-bond acceptors (Lipinski definition) is 3. The lowest BCUT2D eigenvalue weighted by molar-refractivity contribution is 0.0980. The number of amides is 1. The summed E-state index contributed by atoms with van der Waals surface area (Å²) in [6.45, 7) is 2.44. The van der Waals surface area contributed by atoms with Crippen LogP contribution >= 0.6 is 34.8 Å². The second kappa shape index (κ2) is 7.90. The molecule has 124 valence electrons. The van der Waals surface area contributed by atoms with Gasteiger partial charge in [0.1, 0.15) is 6.10 Å². The summed E-state index contributed by atoms with van der Waals surface area (Å²) in [5.74, 6) is -0.0345. The third kappa shape index (κ3) is 4.53. The van der Waals surface area contributed by atoms with E-state index in [2.05, 4.69) is 4.98 Å². The lowest BCUT2D eigenvalue weighted by atomic mass is 10.2. The summed E-state index contributed by atoms with van der Waals surface area (Å²) >= 11 is 18.2. The molecule has 1 aromatic carbocycles. The van der Waals surface area contributed by atoms with Gasteiger partial charge in [-0.25, -0.2) is 4.98 Å². The number of primary amides is 1. The summed E-state index contributed by atoms with van der Waals surface area (Å²) in [7, 11) is 0. The fourth-order valence-corrected chi connectivity index (χ4v) is 3.12. The van der Waals surface area contributed by atoms with Crippen LogP contribution in [0.3, 0.4) is 0 Å². The second-order valence-corrected chi connectivity index (χ2v) is 6.25. The van der Waals surface area contributed by atoms with E-state index < -0.39 is 5.91 Å². The minimum atomic E-state index is -0.590. The van der Waals surface area contributed by atoms with E-state index in [0.29, 0.717) is 27.4 Å². The molecule has 1 heterocycles. The third-order valence-corrected chi connectivity index (χ3v) is 3.97. The van der Waals surface area contributed by atoms with Crippen LogP contribution in [0.25, 0.3) is 0 Å². The fourth-order valence-electron chi connectivity index (χ4n) is 2.22. The van der Waals surface area contributed by atoms with Gasteiger partial charge in [0.25, 0.3) is 5.91 Å². The fraction of sp³-hybridized carbons (Fsp3) is 0.333. The monoisotopic (exact) mass is 375 g/mol. The number of nitrogens with zero attached hydrogens (tertiary/aromatic N) is 2. The molecular formula is C15H16Cl3N3O2. The maximum absolute atomic E-state index is 11.4. The van der Waals surface area contributed by atoms with Crippen LogP contribution in [0.4, 0.5) is 0 Å². The van der Waals surface area contributed by atoms with E-state index in [1.807, 2.05) is 6.92 Å². The van der Waals surface area contributed by atoms with Crippen LogP contribution in [-0.2, 0) is 6.54 Å². The van der Waals surface area contributed by atoms with Gasteiger partial charge in [0, 0.05) is 17.4 Å². The molecule has 2 aromatic rings. The van der Waals surface area contributed by atoms with Gasteiger partial charge in [0.2, 0.25) is 0 Å². The van der Waals surface area contributed by atoms with Gasteiger partial charge in [-0.1, -0.05) is 48.1 Å². The minimum Gasteiger partial charge on any atom is -0.485 e. The number of aromatic nitrogens is 2. The summed E-state index contributed by atoms with van der Waals surface area (Å²) in [6, 6.07) is 3.14. The first-order valence-corrected chi connectivity index (χ1v) is 8.17. The SMILES string of the molecule is CCCC(Cn1ccnc1C(N)=O)Oc1c(Cl)cc(Cl)cc1Cl. The molecule has 0 aliphatic carbocycles. The second-order valence-electron chi connectivity index (χ2n) is 4.99. The highest BCUT2D eigenvalue weighted by Gasteiger charge is 2.18. The zero-order chi connectivity index (χ0) is 17.0. The van der Waals surface area contributed by atoms with Gasteiger partial charge in [0.15, 0.2) is 11.6 Å². The molecule has 1 aromatic heterocycles. The van der Waals surface area contributed by atoms with Gasteiger partial charge in [-0.2, -0.15) is 0 Å². The highest BCUT2D eigenvalue weighted by molar-refractivity contribution is 6.40. The molecule has 5 nitrogen and oxygen atoms in total. The van der Waals surface area contributed by atoms with Crippen LogP contribution < -0.4 is 10.5 Å². The maximum Gasteiger partial charge on any atom is 0.284 e. The number of ether oxygens (including phenoxy) is 1. The first-order chi connectivity index (χ1) is 10.9. The number of imidazole rings is 1. The molecule has 0 aliphatic heterocycles. The van der Waals surface area contributed by atoms with Crippen molar-refractivity contribution in [1.29, 1.82) is 0 Å². The molecule has 0 radical (unpaired) electrons.